The second-order valence-electron chi connectivity index (χ2n) is 6.77. The normalized spacial score (nSPS) is 14.7. The van der Waals surface area contributed by atoms with Gasteiger partial charge >= 0.3 is 0 Å². The Morgan fingerprint density at radius 3 is 2.05 bits per heavy atom. The highest BCUT2D eigenvalue weighted by Crippen LogP contribution is 2.23. The second-order valence-corrected chi connectivity index (χ2v) is 11.8. The van der Waals surface area contributed by atoms with Crippen molar-refractivity contribution in [1.29, 1.82) is 0 Å². The van der Waals surface area contributed by atoms with Crippen LogP contribution in [0.1, 0.15) is 71.6 Å². The van der Waals surface area contributed by atoms with Crippen LogP contribution in [0, 0.1) is 0 Å². The van der Waals surface area contributed by atoms with E-state index < -0.39 is 8.07 Å². The summed E-state index contributed by atoms with van der Waals surface area (Å²) in [6, 6.07) is 0. The van der Waals surface area contributed by atoms with Crippen molar-refractivity contribution in [2.75, 3.05) is 0 Å². The van der Waals surface area contributed by atoms with E-state index in [9.17, 15) is 5.11 Å². The molecule has 19 heavy (non-hydrogen) atoms. The van der Waals surface area contributed by atoms with Crippen molar-refractivity contribution in [3.63, 3.8) is 0 Å². The summed E-state index contributed by atoms with van der Waals surface area (Å²) in [7, 11) is -1.36. The summed E-state index contributed by atoms with van der Waals surface area (Å²) in [6.45, 7) is 11.5. The molecule has 0 rings (SSSR count). The molecule has 0 spiro atoms. The molecule has 2 heteroatoms. The first kappa shape index (κ1) is 18.9. The summed E-state index contributed by atoms with van der Waals surface area (Å²) in [5.41, 5.74) is 0. The smallest absolute Gasteiger partial charge is 0.0753 e. The molecular formula is C17H36OSi. The molecule has 0 fully saturated rings. The number of allylic oxidation sites excluding steroid dienone is 1. The van der Waals surface area contributed by atoms with Crippen LogP contribution in [-0.4, -0.2) is 19.3 Å². The summed E-state index contributed by atoms with van der Waals surface area (Å²) in [6.07, 6.45) is 13.2. The Morgan fingerprint density at radius 2 is 1.53 bits per heavy atom. The third-order valence-electron chi connectivity index (χ3n) is 3.73. The molecule has 1 unspecified atom stereocenters. The number of aliphatic hydroxyl groups is 1. The SMILES string of the molecule is CCCC/C=C(/C(O)CCCCCCC)[Si](C)(C)C. The Kier molecular flexibility index (Phi) is 10.6. The lowest BCUT2D eigenvalue weighted by molar-refractivity contribution is 0.201. The van der Waals surface area contributed by atoms with Crippen LogP contribution in [0.3, 0.4) is 0 Å². The molecule has 0 aliphatic heterocycles. The van der Waals surface area contributed by atoms with Gasteiger partial charge in [-0.25, -0.2) is 0 Å². The zero-order chi connectivity index (χ0) is 14.7. The van der Waals surface area contributed by atoms with E-state index in [1.165, 1.54) is 50.1 Å². The van der Waals surface area contributed by atoms with Crippen LogP contribution in [0.15, 0.2) is 11.3 Å². The Morgan fingerprint density at radius 1 is 0.947 bits per heavy atom. The zero-order valence-corrected chi connectivity index (χ0v) is 15.0. The molecule has 0 aromatic heterocycles. The molecule has 0 aromatic carbocycles. The average molecular weight is 285 g/mol. The Balaban J connectivity index is 4.24. The maximum atomic E-state index is 10.5. The number of rotatable bonds is 11. The Bertz CT molecular complexity index is 240. The molecular weight excluding hydrogens is 248 g/mol. The van der Waals surface area contributed by atoms with E-state index in [0.717, 1.165) is 12.8 Å². The first-order chi connectivity index (χ1) is 8.93. The van der Waals surface area contributed by atoms with Crippen LogP contribution in [0.25, 0.3) is 0 Å². The molecule has 0 amide bonds. The van der Waals surface area contributed by atoms with Crippen molar-refractivity contribution >= 4 is 8.07 Å². The van der Waals surface area contributed by atoms with Crippen molar-refractivity contribution in [3.8, 4) is 0 Å². The monoisotopic (exact) mass is 284 g/mol. The molecule has 0 aliphatic carbocycles. The van der Waals surface area contributed by atoms with Gasteiger partial charge in [-0.3, -0.25) is 0 Å². The highest BCUT2D eigenvalue weighted by Gasteiger charge is 2.24. The highest BCUT2D eigenvalue weighted by molar-refractivity contribution is 6.83. The lowest BCUT2D eigenvalue weighted by Crippen LogP contribution is -2.32. The first-order valence-corrected chi connectivity index (χ1v) is 11.8. The van der Waals surface area contributed by atoms with Crippen LogP contribution in [-0.2, 0) is 0 Å². The van der Waals surface area contributed by atoms with E-state index in [1.54, 1.807) is 0 Å². The van der Waals surface area contributed by atoms with Gasteiger partial charge < -0.3 is 5.11 Å². The fraction of sp³-hybridized carbons (Fsp3) is 0.882. The van der Waals surface area contributed by atoms with E-state index in [4.69, 9.17) is 0 Å². The molecule has 0 saturated carbocycles. The van der Waals surface area contributed by atoms with Crippen molar-refractivity contribution in [3.05, 3.63) is 11.3 Å². The van der Waals surface area contributed by atoms with Crippen molar-refractivity contribution in [2.24, 2.45) is 0 Å². The minimum absolute atomic E-state index is 0.176. The summed E-state index contributed by atoms with van der Waals surface area (Å²) in [5.74, 6) is 0. The van der Waals surface area contributed by atoms with Crippen LogP contribution < -0.4 is 0 Å². The standard InChI is InChI=1S/C17H36OSi/c1-6-8-10-11-13-14-16(18)17(19(3,4)5)15-12-9-7-2/h15-16,18H,6-14H2,1-5H3/b17-15-. The quantitative estimate of drug-likeness (QED) is 0.381. The van der Waals surface area contributed by atoms with E-state index in [0.29, 0.717) is 0 Å². The molecule has 114 valence electrons. The predicted molar refractivity (Wildman–Crippen MR) is 90.3 cm³/mol. The molecule has 0 saturated heterocycles. The minimum Gasteiger partial charge on any atom is -0.389 e. The first-order valence-electron chi connectivity index (χ1n) is 8.32. The third-order valence-corrected chi connectivity index (χ3v) is 6.00. The van der Waals surface area contributed by atoms with Gasteiger partial charge in [0, 0.05) is 0 Å². The lowest BCUT2D eigenvalue weighted by Gasteiger charge is -2.26. The number of aliphatic hydroxyl groups excluding tert-OH is 1. The lowest BCUT2D eigenvalue weighted by atomic mass is 10.1. The van der Waals surface area contributed by atoms with E-state index >= 15 is 0 Å². The molecule has 0 aromatic rings. The number of unbranched alkanes of at least 4 members (excludes halogenated alkanes) is 6. The van der Waals surface area contributed by atoms with Gasteiger partial charge in [0.2, 0.25) is 0 Å². The molecule has 0 bridgehead atoms. The van der Waals surface area contributed by atoms with Crippen LogP contribution in [0.4, 0.5) is 0 Å². The highest BCUT2D eigenvalue weighted by atomic mass is 28.3. The molecule has 0 radical (unpaired) electrons. The Hall–Kier alpha value is -0.0831. The van der Waals surface area contributed by atoms with Gasteiger partial charge in [0.15, 0.2) is 0 Å². The van der Waals surface area contributed by atoms with Crippen molar-refractivity contribution in [2.45, 2.75) is 97.4 Å². The van der Waals surface area contributed by atoms with E-state index in [2.05, 4.69) is 39.6 Å². The average Bonchev–Trinajstić information content (AvgIpc) is 2.32. The second kappa shape index (κ2) is 10.7. The number of hydrogen-bond acceptors (Lipinski definition) is 1. The van der Waals surface area contributed by atoms with Crippen molar-refractivity contribution in [1.82, 2.24) is 0 Å². The van der Waals surface area contributed by atoms with Crippen LogP contribution >= 0.6 is 0 Å². The molecule has 0 heterocycles. The predicted octanol–water partition coefficient (Wildman–Crippen LogP) is 5.70. The van der Waals surface area contributed by atoms with E-state index in [1.807, 2.05) is 0 Å². The number of hydrogen-bond donors (Lipinski definition) is 1. The third kappa shape index (κ3) is 9.45. The van der Waals surface area contributed by atoms with Gasteiger partial charge in [-0.15, -0.1) is 0 Å². The van der Waals surface area contributed by atoms with E-state index in [-0.39, 0.29) is 6.10 Å². The molecule has 0 aliphatic rings. The maximum Gasteiger partial charge on any atom is 0.0753 e. The van der Waals surface area contributed by atoms with Gasteiger partial charge in [-0.2, -0.15) is 0 Å². The maximum absolute atomic E-state index is 10.5. The van der Waals surface area contributed by atoms with Crippen molar-refractivity contribution < 1.29 is 5.11 Å². The Labute approximate surface area is 122 Å². The fourth-order valence-electron chi connectivity index (χ4n) is 2.50. The topological polar surface area (TPSA) is 20.2 Å². The summed E-state index contributed by atoms with van der Waals surface area (Å²) in [5, 5.41) is 11.9. The van der Waals surface area contributed by atoms with Gasteiger partial charge in [-0.05, 0) is 12.8 Å². The van der Waals surface area contributed by atoms with Gasteiger partial charge in [-0.1, -0.05) is 89.7 Å². The van der Waals surface area contributed by atoms with Gasteiger partial charge in [0.05, 0.1) is 14.2 Å². The molecule has 1 atom stereocenters. The van der Waals surface area contributed by atoms with Gasteiger partial charge in [0.25, 0.3) is 0 Å². The zero-order valence-electron chi connectivity index (χ0n) is 14.0. The minimum atomic E-state index is -1.36. The summed E-state index contributed by atoms with van der Waals surface area (Å²) in [4.78, 5) is 0. The molecule has 1 N–H and O–H groups in total. The van der Waals surface area contributed by atoms with Gasteiger partial charge in [0.1, 0.15) is 0 Å². The summed E-state index contributed by atoms with van der Waals surface area (Å²) < 4.78 is 0. The summed E-state index contributed by atoms with van der Waals surface area (Å²) >= 11 is 0. The molecule has 1 nitrogen and oxygen atoms in total. The van der Waals surface area contributed by atoms with Crippen LogP contribution in [0.2, 0.25) is 19.6 Å². The fourth-order valence-corrected chi connectivity index (χ4v) is 4.40. The van der Waals surface area contributed by atoms with Crippen LogP contribution in [0.5, 0.6) is 0 Å². The largest absolute Gasteiger partial charge is 0.389 e.